The van der Waals surface area contributed by atoms with Crippen LogP contribution in [0.15, 0.2) is 48.5 Å². The van der Waals surface area contributed by atoms with E-state index in [1.54, 1.807) is 36.0 Å². The molecule has 13 heteroatoms. The van der Waals surface area contributed by atoms with Crippen molar-refractivity contribution in [2.24, 2.45) is 7.05 Å². The van der Waals surface area contributed by atoms with Gasteiger partial charge in [-0.1, -0.05) is 11.3 Å². The van der Waals surface area contributed by atoms with Gasteiger partial charge < -0.3 is 19.1 Å². The van der Waals surface area contributed by atoms with E-state index in [2.05, 4.69) is 15.2 Å². The van der Waals surface area contributed by atoms with E-state index in [1.807, 2.05) is 10.6 Å². The molecule has 44 heavy (non-hydrogen) atoms. The lowest BCUT2D eigenvalue weighted by atomic mass is 9.96. The number of nitrogens with zero attached hydrogens (tertiary/aromatic N) is 6. The minimum Gasteiger partial charge on any atom is -0.488 e. The number of alkyl halides is 3. The largest absolute Gasteiger partial charge is 0.488 e. The quantitative estimate of drug-likeness (QED) is 0.264. The zero-order valence-corrected chi connectivity index (χ0v) is 23.8. The van der Waals surface area contributed by atoms with Crippen LogP contribution in [-0.4, -0.2) is 59.8 Å². The molecule has 0 radical (unpaired) electrons. The highest BCUT2D eigenvalue weighted by molar-refractivity contribution is 5.92. The molecule has 5 aromatic rings. The number of halogens is 3. The van der Waals surface area contributed by atoms with Crippen molar-refractivity contribution in [2.45, 2.75) is 51.4 Å². The number of aryl methyl sites for hydroxylation is 1. The molecule has 0 bridgehead atoms. The molecule has 2 aliphatic heterocycles. The Morgan fingerprint density at radius 1 is 1.09 bits per heavy atom. The topological polar surface area (TPSA) is 108 Å². The summed E-state index contributed by atoms with van der Waals surface area (Å²) in [5.74, 6) is -0.475. The van der Waals surface area contributed by atoms with Crippen LogP contribution < -0.4 is 4.74 Å². The maximum atomic E-state index is 14.1. The van der Waals surface area contributed by atoms with Crippen LogP contribution in [0, 0.1) is 0 Å². The molecule has 0 amide bonds. The van der Waals surface area contributed by atoms with Crippen molar-refractivity contribution in [3.8, 4) is 5.75 Å². The Morgan fingerprint density at radius 2 is 1.93 bits per heavy atom. The molecule has 2 aliphatic rings. The first-order valence-corrected chi connectivity index (χ1v) is 14.3. The van der Waals surface area contributed by atoms with Crippen LogP contribution in [0.25, 0.3) is 22.1 Å². The summed E-state index contributed by atoms with van der Waals surface area (Å²) in [6, 6.07) is 13.0. The molecule has 4 heterocycles. The summed E-state index contributed by atoms with van der Waals surface area (Å²) in [5, 5.41) is 17.6. The highest BCUT2D eigenvalue weighted by atomic mass is 19.4. The third-order valence-corrected chi connectivity index (χ3v) is 8.39. The number of fused-ring (bicyclic) bond motifs is 3. The van der Waals surface area contributed by atoms with E-state index in [-0.39, 0.29) is 24.0 Å². The number of carbonyl (C=O) groups is 1. The highest BCUT2D eigenvalue weighted by Crippen LogP contribution is 2.40. The lowest BCUT2D eigenvalue weighted by Crippen LogP contribution is -2.34. The summed E-state index contributed by atoms with van der Waals surface area (Å²) in [6.45, 7) is 2.59. The van der Waals surface area contributed by atoms with Crippen LogP contribution in [0.4, 0.5) is 13.2 Å². The SMILES string of the molecule is Cn1nnc2cc(COc3cc4c(cc3C(F)(F)F)CCN(Cc3nc5ccc(C(=O)O)cc5n3C[C@@H]3CCO3)C4)ccc21. The van der Waals surface area contributed by atoms with Crippen LogP contribution in [0.5, 0.6) is 5.75 Å². The average molecular weight is 607 g/mol. The molecule has 0 saturated carbocycles. The third-order valence-electron chi connectivity index (χ3n) is 8.39. The highest BCUT2D eigenvalue weighted by Gasteiger charge is 2.36. The van der Waals surface area contributed by atoms with E-state index >= 15 is 0 Å². The van der Waals surface area contributed by atoms with Gasteiger partial charge in [-0.25, -0.2) is 14.5 Å². The summed E-state index contributed by atoms with van der Waals surface area (Å²) in [6.07, 6.45) is -3.19. The van der Waals surface area contributed by atoms with E-state index in [9.17, 15) is 23.1 Å². The van der Waals surface area contributed by atoms with E-state index in [0.29, 0.717) is 61.4 Å². The summed E-state index contributed by atoms with van der Waals surface area (Å²) >= 11 is 0. The van der Waals surface area contributed by atoms with E-state index < -0.39 is 17.7 Å². The van der Waals surface area contributed by atoms with Crippen molar-refractivity contribution in [3.63, 3.8) is 0 Å². The Labute approximate surface area is 249 Å². The van der Waals surface area contributed by atoms with Gasteiger partial charge in [0.2, 0.25) is 0 Å². The molecule has 0 unspecified atom stereocenters. The van der Waals surface area contributed by atoms with E-state index in [1.165, 1.54) is 18.2 Å². The molecule has 10 nitrogen and oxygen atoms in total. The maximum absolute atomic E-state index is 14.1. The fraction of sp³-hybridized carbons (Fsp3) is 0.355. The molecule has 1 saturated heterocycles. The van der Waals surface area contributed by atoms with Gasteiger partial charge in [-0.15, -0.1) is 5.10 Å². The minimum absolute atomic E-state index is 0.0249. The molecular formula is C31H29F3N6O4. The molecule has 228 valence electrons. The number of imidazole rings is 1. The monoisotopic (exact) mass is 606 g/mol. The Kier molecular flexibility index (Phi) is 7.01. The number of hydrogen-bond acceptors (Lipinski definition) is 7. The van der Waals surface area contributed by atoms with Gasteiger partial charge in [0.25, 0.3) is 0 Å². The zero-order valence-electron chi connectivity index (χ0n) is 23.8. The van der Waals surface area contributed by atoms with Gasteiger partial charge in [-0.3, -0.25) is 4.90 Å². The molecule has 3 aromatic carbocycles. The van der Waals surface area contributed by atoms with Crippen molar-refractivity contribution in [3.05, 3.63) is 82.2 Å². The second kappa shape index (κ2) is 10.9. The predicted molar refractivity (Wildman–Crippen MR) is 153 cm³/mol. The first-order valence-electron chi connectivity index (χ1n) is 14.3. The average Bonchev–Trinajstić information content (AvgIpc) is 3.51. The fourth-order valence-electron chi connectivity index (χ4n) is 5.92. The van der Waals surface area contributed by atoms with Crippen LogP contribution in [-0.2, 0) is 50.6 Å². The normalized spacial score (nSPS) is 17.1. The van der Waals surface area contributed by atoms with Crippen LogP contribution in [0.3, 0.4) is 0 Å². The Bertz CT molecular complexity index is 1900. The summed E-state index contributed by atoms with van der Waals surface area (Å²) < 4.78 is 57.4. The van der Waals surface area contributed by atoms with Gasteiger partial charge >= 0.3 is 12.1 Å². The van der Waals surface area contributed by atoms with Crippen molar-refractivity contribution in [1.29, 1.82) is 0 Å². The van der Waals surface area contributed by atoms with Crippen LogP contribution >= 0.6 is 0 Å². The lowest BCUT2D eigenvalue weighted by Gasteiger charge is -2.31. The van der Waals surface area contributed by atoms with Gasteiger partial charge in [0, 0.05) is 26.7 Å². The number of aromatic nitrogens is 5. The van der Waals surface area contributed by atoms with Crippen LogP contribution in [0.1, 0.15) is 44.9 Å². The van der Waals surface area contributed by atoms with E-state index in [4.69, 9.17) is 14.5 Å². The standard InChI is InChI=1S/C31H29F3N6O4/c1-38-26-5-2-18(10-25(26)36-37-38)17-44-28-13-21-14-39(8-6-19(21)11-23(28)31(32,33)34)16-29-35-24-4-3-20(30(41)42)12-27(24)40(29)15-22-7-9-43-22/h2-5,10-13,22H,6-9,14-17H2,1H3,(H,41,42)/t22-/m0/s1. The molecular weight excluding hydrogens is 577 g/mol. The number of rotatable bonds is 8. The number of carboxylic acid groups (broad SMARTS) is 1. The number of carboxylic acids is 1. The van der Waals surface area contributed by atoms with Gasteiger partial charge in [-0.2, -0.15) is 13.2 Å². The van der Waals surface area contributed by atoms with Crippen molar-refractivity contribution in [1.82, 2.24) is 29.4 Å². The number of benzene rings is 3. The van der Waals surface area contributed by atoms with Gasteiger partial charge in [0.15, 0.2) is 0 Å². The van der Waals surface area contributed by atoms with Crippen LogP contribution in [0.2, 0.25) is 0 Å². The minimum atomic E-state index is -4.57. The molecule has 0 spiro atoms. The van der Waals surface area contributed by atoms with E-state index in [0.717, 1.165) is 28.8 Å². The first-order chi connectivity index (χ1) is 21.1. The third kappa shape index (κ3) is 5.37. The molecule has 1 atom stereocenters. The Morgan fingerprint density at radius 3 is 2.68 bits per heavy atom. The number of aromatic carboxylic acids is 1. The summed E-state index contributed by atoms with van der Waals surface area (Å²) in [5.41, 5.74) is 4.34. The fourth-order valence-corrected chi connectivity index (χ4v) is 5.92. The second-order valence-electron chi connectivity index (χ2n) is 11.3. The molecule has 0 aliphatic carbocycles. The predicted octanol–water partition coefficient (Wildman–Crippen LogP) is 4.96. The Hall–Kier alpha value is -4.49. The number of ether oxygens (including phenoxy) is 2. The molecule has 2 aromatic heterocycles. The Balaban J connectivity index is 1.15. The molecule has 7 rings (SSSR count). The van der Waals surface area contributed by atoms with Gasteiger partial charge in [0.1, 0.15) is 23.7 Å². The number of hydrogen-bond donors (Lipinski definition) is 1. The van der Waals surface area contributed by atoms with Crippen molar-refractivity contribution in [2.75, 3.05) is 13.2 Å². The summed E-state index contributed by atoms with van der Waals surface area (Å²) in [4.78, 5) is 18.6. The second-order valence-corrected chi connectivity index (χ2v) is 11.3. The first kappa shape index (κ1) is 28.3. The maximum Gasteiger partial charge on any atom is 0.419 e. The van der Waals surface area contributed by atoms with Crippen molar-refractivity contribution >= 4 is 28.0 Å². The smallest absolute Gasteiger partial charge is 0.419 e. The zero-order chi connectivity index (χ0) is 30.6. The van der Waals surface area contributed by atoms with Gasteiger partial charge in [0.05, 0.1) is 46.9 Å². The van der Waals surface area contributed by atoms with Crippen molar-refractivity contribution < 1.29 is 32.5 Å². The summed E-state index contributed by atoms with van der Waals surface area (Å²) in [7, 11) is 1.77. The molecule has 1 N–H and O–H groups in total. The van der Waals surface area contributed by atoms with Gasteiger partial charge in [-0.05, 0) is 72.0 Å². The molecule has 1 fully saturated rings. The lowest BCUT2D eigenvalue weighted by molar-refractivity contribution is -0.139.